The molecule has 0 amide bonds. The van der Waals surface area contributed by atoms with Crippen LogP contribution in [0.5, 0.6) is 11.5 Å². The van der Waals surface area contributed by atoms with Gasteiger partial charge in [0, 0.05) is 41.8 Å². The normalized spacial score (nSPS) is 10.9. The van der Waals surface area contributed by atoms with Crippen LogP contribution in [0.4, 0.5) is 0 Å². The molecule has 1 aromatic heterocycles. The summed E-state index contributed by atoms with van der Waals surface area (Å²) < 4.78 is 13.4. The molecule has 0 atom stereocenters. The summed E-state index contributed by atoms with van der Waals surface area (Å²) in [6.45, 7) is 4.09. The third-order valence-electron chi connectivity index (χ3n) is 4.07. The highest BCUT2D eigenvalue weighted by atomic mass is 16.5. The zero-order valence-electron chi connectivity index (χ0n) is 13.6. The summed E-state index contributed by atoms with van der Waals surface area (Å²) in [5, 5.41) is 1.21. The van der Waals surface area contributed by atoms with Crippen LogP contribution in [-0.2, 0) is 19.7 Å². The van der Waals surface area contributed by atoms with Crippen LogP contribution in [0.2, 0.25) is 0 Å². The first-order valence-corrected chi connectivity index (χ1v) is 7.83. The lowest BCUT2D eigenvalue weighted by Crippen LogP contribution is -2.00. The molecular formula is C19H22N2O2. The van der Waals surface area contributed by atoms with E-state index in [-0.39, 0.29) is 0 Å². The second-order valence-electron chi connectivity index (χ2n) is 5.42. The van der Waals surface area contributed by atoms with Crippen molar-refractivity contribution in [2.75, 3.05) is 7.11 Å². The molecule has 0 spiro atoms. The van der Waals surface area contributed by atoms with E-state index >= 15 is 0 Å². The predicted octanol–water partition coefficient (Wildman–Crippen LogP) is 3.71. The third kappa shape index (κ3) is 3.03. The van der Waals surface area contributed by atoms with Crippen molar-refractivity contribution in [2.45, 2.75) is 26.6 Å². The first-order valence-electron chi connectivity index (χ1n) is 7.83. The van der Waals surface area contributed by atoms with Gasteiger partial charge in [-0.25, -0.2) is 0 Å². The Bertz CT molecular complexity index is 808. The second kappa shape index (κ2) is 6.75. The van der Waals surface area contributed by atoms with Gasteiger partial charge in [0.2, 0.25) is 0 Å². The molecule has 0 fully saturated rings. The molecule has 0 aliphatic rings. The lowest BCUT2D eigenvalue weighted by atomic mass is 10.1. The van der Waals surface area contributed by atoms with Gasteiger partial charge in [0.05, 0.1) is 7.11 Å². The minimum Gasteiger partial charge on any atom is -0.497 e. The summed E-state index contributed by atoms with van der Waals surface area (Å²) in [6.07, 6.45) is 2.16. The number of ether oxygens (including phenoxy) is 2. The van der Waals surface area contributed by atoms with E-state index in [1.54, 1.807) is 7.11 Å². The highest BCUT2D eigenvalue weighted by Gasteiger charge is 2.11. The van der Waals surface area contributed by atoms with Crippen molar-refractivity contribution in [3.05, 3.63) is 59.8 Å². The molecular weight excluding hydrogens is 288 g/mol. The van der Waals surface area contributed by atoms with Crippen molar-refractivity contribution in [1.29, 1.82) is 0 Å². The van der Waals surface area contributed by atoms with Gasteiger partial charge in [-0.1, -0.05) is 18.2 Å². The number of nitrogens with two attached hydrogens (primary N) is 1. The van der Waals surface area contributed by atoms with Crippen LogP contribution >= 0.6 is 0 Å². The van der Waals surface area contributed by atoms with Crippen LogP contribution in [0.25, 0.3) is 10.9 Å². The van der Waals surface area contributed by atoms with Crippen molar-refractivity contribution < 1.29 is 9.47 Å². The Morgan fingerprint density at radius 1 is 1.04 bits per heavy atom. The summed E-state index contributed by atoms with van der Waals surface area (Å²) in [5.41, 5.74) is 9.43. The van der Waals surface area contributed by atoms with Crippen molar-refractivity contribution in [3.8, 4) is 11.5 Å². The summed E-state index contributed by atoms with van der Waals surface area (Å²) in [6, 6.07) is 13.9. The lowest BCUT2D eigenvalue weighted by molar-refractivity contribution is 0.304. The molecule has 120 valence electrons. The zero-order chi connectivity index (χ0) is 16.2. The van der Waals surface area contributed by atoms with E-state index in [0.29, 0.717) is 13.2 Å². The molecule has 3 aromatic rings. The Labute approximate surface area is 136 Å². The third-order valence-corrected chi connectivity index (χ3v) is 4.07. The number of methoxy groups -OCH3 is 1. The molecule has 0 radical (unpaired) electrons. The van der Waals surface area contributed by atoms with E-state index in [1.165, 1.54) is 10.9 Å². The first-order chi connectivity index (χ1) is 11.3. The zero-order valence-corrected chi connectivity index (χ0v) is 13.6. The first kappa shape index (κ1) is 15.4. The fourth-order valence-electron chi connectivity index (χ4n) is 2.91. The highest BCUT2D eigenvalue weighted by Crippen LogP contribution is 2.27. The maximum Gasteiger partial charge on any atom is 0.123 e. The summed E-state index contributed by atoms with van der Waals surface area (Å²) in [7, 11) is 1.65. The molecule has 2 aromatic carbocycles. The predicted molar refractivity (Wildman–Crippen MR) is 92.8 cm³/mol. The number of aromatic nitrogens is 1. The van der Waals surface area contributed by atoms with Gasteiger partial charge < -0.3 is 19.8 Å². The van der Waals surface area contributed by atoms with Crippen LogP contribution in [0.3, 0.4) is 0 Å². The van der Waals surface area contributed by atoms with E-state index in [1.807, 2.05) is 24.3 Å². The molecule has 0 unspecified atom stereocenters. The molecule has 0 saturated carbocycles. The van der Waals surface area contributed by atoms with Gasteiger partial charge in [-0.2, -0.15) is 0 Å². The van der Waals surface area contributed by atoms with Crippen LogP contribution in [0, 0.1) is 0 Å². The Balaban J connectivity index is 1.93. The van der Waals surface area contributed by atoms with Crippen molar-refractivity contribution in [3.63, 3.8) is 0 Å². The van der Waals surface area contributed by atoms with E-state index in [0.717, 1.165) is 29.2 Å². The van der Waals surface area contributed by atoms with Gasteiger partial charge in [-0.3, -0.25) is 0 Å². The number of rotatable bonds is 6. The van der Waals surface area contributed by atoms with Gasteiger partial charge in [-0.15, -0.1) is 0 Å². The van der Waals surface area contributed by atoms with Gasteiger partial charge in [0.25, 0.3) is 0 Å². The fraction of sp³-hybridized carbons (Fsp3) is 0.263. The summed E-state index contributed by atoms with van der Waals surface area (Å²) in [4.78, 5) is 0. The molecule has 0 aliphatic heterocycles. The maximum absolute atomic E-state index is 5.97. The van der Waals surface area contributed by atoms with Crippen LogP contribution in [0.1, 0.15) is 18.1 Å². The Morgan fingerprint density at radius 2 is 1.83 bits per heavy atom. The van der Waals surface area contributed by atoms with E-state index in [9.17, 15) is 0 Å². The minimum absolute atomic E-state index is 0.508. The van der Waals surface area contributed by atoms with E-state index in [4.69, 9.17) is 15.2 Å². The quantitative estimate of drug-likeness (QED) is 0.755. The Morgan fingerprint density at radius 3 is 2.57 bits per heavy atom. The number of aryl methyl sites for hydroxylation is 1. The molecule has 0 saturated heterocycles. The average Bonchev–Trinajstić information content (AvgIpc) is 2.98. The van der Waals surface area contributed by atoms with Gasteiger partial charge in [0.15, 0.2) is 0 Å². The summed E-state index contributed by atoms with van der Waals surface area (Å²) >= 11 is 0. The minimum atomic E-state index is 0.508. The SMILES string of the molecule is CCn1cc(COc2cccc(OC)c2)c2c(CN)cccc21. The van der Waals surface area contributed by atoms with E-state index < -0.39 is 0 Å². The largest absolute Gasteiger partial charge is 0.497 e. The number of benzene rings is 2. The van der Waals surface area contributed by atoms with Crippen LogP contribution < -0.4 is 15.2 Å². The molecule has 1 heterocycles. The van der Waals surface area contributed by atoms with E-state index in [2.05, 4.69) is 35.9 Å². The molecule has 0 aliphatic carbocycles. The monoisotopic (exact) mass is 310 g/mol. The van der Waals surface area contributed by atoms with Crippen LogP contribution in [0.15, 0.2) is 48.7 Å². The average molecular weight is 310 g/mol. The molecule has 23 heavy (non-hydrogen) atoms. The topological polar surface area (TPSA) is 49.4 Å². The number of nitrogens with zero attached hydrogens (tertiary/aromatic N) is 1. The smallest absolute Gasteiger partial charge is 0.123 e. The summed E-state index contributed by atoms with van der Waals surface area (Å²) in [5.74, 6) is 1.59. The fourth-order valence-corrected chi connectivity index (χ4v) is 2.91. The number of fused-ring (bicyclic) bond motifs is 1. The Hall–Kier alpha value is -2.46. The standard InChI is InChI=1S/C19H22N2O2/c1-3-21-12-15(19-14(11-20)6-4-9-18(19)21)13-23-17-8-5-7-16(10-17)22-2/h4-10,12H,3,11,13,20H2,1-2H3. The Kier molecular flexibility index (Phi) is 4.53. The number of hydrogen-bond donors (Lipinski definition) is 1. The number of hydrogen-bond acceptors (Lipinski definition) is 3. The second-order valence-corrected chi connectivity index (χ2v) is 5.42. The maximum atomic E-state index is 5.97. The molecule has 0 bridgehead atoms. The molecule has 3 rings (SSSR count). The van der Waals surface area contributed by atoms with Gasteiger partial charge in [0.1, 0.15) is 18.1 Å². The molecule has 2 N–H and O–H groups in total. The van der Waals surface area contributed by atoms with Crippen molar-refractivity contribution in [1.82, 2.24) is 4.57 Å². The van der Waals surface area contributed by atoms with Gasteiger partial charge >= 0.3 is 0 Å². The highest BCUT2D eigenvalue weighted by molar-refractivity contribution is 5.87. The lowest BCUT2D eigenvalue weighted by Gasteiger charge is -2.08. The van der Waals surface area contributed by atoms with Crippen molar-refractivity contribution >= 4 is 10.9 Å². The van der Waals surface area contributed by atoms with Gasteiger partial charge in [-0.05, 0) is 30.7 Å². The van der Waals surface area contributed by atoms with Crippen molar-refractivity contribution in [2.24, 2.45) is 5.73 Å². The molecule has 4 nitrogen and oxygen atoms in total. The molecule has 4 heteroatoms. The van der Waals surface area contributed by atoms with Crippen LogP contribution in [-0.4, -0.2) is 11.7 Å².